The van der Waals surface area contributed by atoms with Crippen LogP contribution in [-0.2, 0) is 4.79 Å². The number of nitrogens with one attached hydrogen (secondary N) is 2. The summed E-state index contributed by atoms with van der Waals surface area (Å²) in [4.78, 5) is 21.4. The third-order valence-corrected chi connectivity index (χ3v) is 2.52. The van der Waals surface area contributed by atoms with Crippen molar-refractivity contribution in [3.63, 3.8) is 0 Å². The van der Waals surface area contributed by atoms with E-state index in [1.54, 1.807) is 0 Å². The van der Waals surface area contributed by atoms with E-state index in [-0.39, 0.29) is 19.0 Å². The summed E-state index contributed by atoms with van der Waals surface area (Å²) in [5.74, 6) is -0.495. The molecule has 2 amide bonds. The molecule has 0 spiro atoms. The highest BCUT2D eigenvalue weighted by Crippen LogP contribution is 2.31. The van der Waals surface area contributed by atoms with E-state index < -0.39 is 12.1 Å². The molecule has 16 heavy (non-hydrogen) atoms. The molecule has 1 aliphatic carbocycles. The molecule has 0 unspecified atom stereocenters. The summed E-state index contributed by atoms with van der Waals surface area (Å²) < 4.78 is 0. The van der Waals surface area contributed by atoms with Crippen molar-refractivity contribution in [1.82, 2.24) is 10.6 Å². The first-order valence-electron chi connectivity index (χ1n) is 5.52. The summed E-state index contributed by atoms with van der Waals surface area (Å²) in [6.45, 7) is 0.806. The van der Waals surface area contributed by atoms with Gasteiger partial charge in [-0.2, -0.15) is 0 Å². The van der Waals surface area contributed by atoms with Gasteiger partial charge in [0.2, 0.25) is 0 Å². The van der Waals surface area contributed by atoms with Gasteiger partial charge in [0.15, 0.2) is 6.10 Å². The zero-order chi connectivity index (χ0) is 12.0. The highest BCUT2D eigenvalue weighted by Gasteiger charge is 2.20. The molecule has 0 heterocycles. The van der Waals surface area contributed by atoms with E-state index in [2.05, 4.69) is 10.6 Å². The Morgan fingerprint density at radius 3 is 2.44 bits per heavy atom. The van der Waals surface area contributed by atoms with Gasteiger partial charge in [-0.15, -0.1) is 0 Å². The van der Waals surface area contributed by atoms with Gasteiger partial charge in [-0.05, 0) is 12.3 Å². The van der Waals surface area contributed by atoms with Crippen LogP contribution in [0.3, 0.4) is 0 Å². The molecule has 0 aliphatic heterocycles. The van der Waals surface area contributed by atoms with E-state index in [9.17, 15) is 9.59 Å². The van der Waals surface area contributed by atoms with E-state index in [1.807, 2.05) is 0 Å². The number of carboxylic acid groups (broad SMARTS) is 1. The third-order valence-electron chi connectivity index (χ3n) is 2.52. The summed E-state index contributed by atoms with van der Waals surface area (Å²) in [5, 5.41) is 22.5. The van der Waals surface area contributed by atoms with Crippen molar-refractivity contribution in [2.24, 2.45) is 5.92 Å². The summed E-state index contributed by atoms with van der Waals surface area (Å²) in [7, 11) is 0. The fourth-order valence-corrected chi connectivity index (χ4v) is 1.30. The highest BCUT2D eigenvalue weighted by atomic mass is 16.4. The molecule has 0 radical (unpaired) electrons. The first kappa shape index (κ1) is 12.8. The number of hydrogen-bond donors (Lipinski definition) is 4. The zero-order valence-electron chi connectivity index (χ0n) is 9.11. The Labute approximate surface area is 94.0 Å². The lowest BCUT2D eigenvalue weighted by Gasteiger charge is -2.08. The second kappa shape index (κ2) is 6.32. The number of aliphatic hydroxyl groups excluding tert-OH is 1. The van der Waals surface area contributed by atoms with E-state index >= 15 is 0 Å². The second-order valence-electron chi connectivity index (χ2n) is 4.06. The Hall–Kier alpha value is -1.30. The van der Waals surface area contributed by atoms with Crippen molar-refractivity contribution >= 4 is 12.0 Å². The average Bonchev–Trinajstić information content (AvgIpc) is 3.01. The SMILES string of the molecule is O=C(NCCC1CC1)NCC[C@H](O)C(=O)O. The Balaban J connectivity index is 1.94. The maximum Gasteiger partial charge on any atom is 0.332 e. The average molecular weight is 230 g/mol. The maximum absolute atomic E-state index is 11.1. The predicted octanol–water partition coefficient (Wildman–Crippen LogP) is -0.0787. The van der Waals surface area contributed by atoms with Crippen LogP contribution < -0.4 is 10.6 Å². The number of carboxylic acids is 1. The number of aliphatic carboxylic acids is 1. The van der Waals surface area contributed by atoms with Gasteiger partial charge >= 0.3 is 12.0 Å². The van der Waals surface area contributed by atoms with Crippen molar-refractivity contribution in [2.75, 3.05) is 13.1 Å². The zero-order valence-corrected chi connectivity index (χ0v) is 9.11. The first-order chi connectivity index (χ1) is 7.59. The van der Waals surface area contributed by atoms with Crippen LogP contribution in [0.1, 0.15) is 25.7 Å². The third kappa shape index (κ3) is 5.55. The number of aliphatic hydroxyl groups is 1. The van der Waals surface area contributed by atoms with Crippen LogP contribution in [0.2, 0.25) is 0 Å². The molecule has 92 valence electrons. The fourth-order valence-electron chi connectivity index (χ4n) is 1.30. The largest absolute Gasteiger partial charge is 0.479 e. The van der Waals surface area contributed by atoms with Crippen LogP contribution in [0.25, 0.3) is 0 Å². The molecule has 1 rings (SSSR count). The summed E-state index contributed by atoms with van der Waals surface area (Å²) in [5.41, 5.74) is 0. The van der Waals surface area contributed by atoms with Crippen LogP contribution in [0.5, 0.6) is 0 Å². The molecular weight excluding hydrogens is 212 g/mol. The second-order valence-corrected chi connectivity index (χ2v) is 4.06. The molecule has 0 bridgehead atoms. The number of hydrogen-bond acceptors (Lipinski definition) is 3. The van der Waals surface area contributed by atoms with Crippen molar-refractivity contribution in [2.45, 2.75) is 31.8 Å². The molecule has 6 heteroatoms. The normalized spacial score (nSPS) is 16.6. The molecule has 0 aromatic heterocycles. The minimum absolute atomic E-state index is 0.0192. The van der Waals surface area contributed by atoms with Gasteiger partial charge in [0, 0.05) is 19.5 Å². The smallest absolute Gasteiger partial charge is 0.332 e. The number of carbonyl (C=O) groups is 2. The number of carbonyl (C=O) groups excluding carboxylic acids is 1. The summed E-state index contributed by atoms with van der Waals surface area (Å²) in [6.07, 6.45) is 2.13. The number of rotatable bonds is 7. The van der Waals surface area contributed by atoms with Crippen LogP contribution in [-0.4, -0.2) is 41.4 Å². The summed E-state index contributed by atoms with van der Waals surface area (Å²) >= 11 is 0. The van der Waals surface area contributed by atoms with Crippen LogP contribution >= 0.6 is 0 Å². The van der Waals surface area contributed by atoms with Gasteiger partial charge in [0.25, 0.3) is 0 Å². The van der Waals surface area contributed by atoms with Gasteiger partial charge in [0.05, 0.1) is 0 Å². The highest BCUT2D eigenvalue weighted by molar-refractivity contribution is 5.74. The summed E-state index contributed by atoms with van der Waals surface area (Å²) in [6, 6.07) is -0.307. The lowest BCUT2D eigenvalue weighted by atomic mass is 10.2. The van der Waals surface area contributed by atoms with Gasteiger partial charge in [-0.25, -0.2) is 9.59 Å². The number of amides is 2. The molecule has 0 saturated heterocycles. The molecule has 4 N–H and O–H groups in total. The molecule has 0 aromatic rings. The fraction of sp³-hybridized carbons (Fsp3) is 0.800. The monoisotopic (exact) mass is 230 g/mol. The lowest BCUT2D eigenvalue weighted by molar-refractivity contribution is -0.146. The predicted molar refractivity (Wildman–Crippen MR) is 57.0 cm³/mol. The Kier molecular flexibility index (Phi) is 5.04. The lowest BCUT2D eigenvalue weighted by Crippen LogP contribution is -2.38. The molecule has 1 atom stereocenters. The molecule has 6 nitrogen and oxygen atoms in total. The van der Waals surface area contributed by atoms with Crippen LogP contribution in [0.15, 0.2) is 0 Å². The van der Waals surface area contributed by atoms with Gasteiger partial charge in [0.1, 0.15) is 0 Å². The van der Waals surface area contributed by atoms with Crippen LogP contribution in [0.4, 0.5) is 4.79 Å². The number of urea groups is 1. The molecular formula is C10H18N2O4. The van der Waals surface area contributed by atoms with E-state index in [0.717, 1.165) is 12.3 Å². The Bertz CT molecular complexity index is 253. The van der Waals surface area contributed by atoms with Gasteiger partial charge < -0.3 is 20.8 Å². The minimum Gasteiger partial charge on any atom is -0.479 e. The van der Waals surface area contributed by atoms with Crippen molar-refractivity contribution in [1.29, 1.82) is 0 Å². The minimum atomic E-state index is -1.41. The van der Waals surface area contributed by atoms with Crippen molar-refractivity contribution in [3.8, 4) is 0 Å². The first-order valence-corrected chi connectivity index (χ1v) is 5.52. The molecule has 0 aromatic carbocycles. The van der Waals surface area contributed by atoms with Gasteiger partial charge in [-0.3, -0.25) is 0 Å². The standard InChI is InChI=1S/C10H18N2O4/c13-8(9(14)15)4-6-12-10(16)11-5-3-7-1-2-7/h7-8,13H,1-6H2,(H,14,15)(H2,11,12,16)/t8-/m0/s1. The van der Waals surface area contributed by atoms with E-state index in [1.165, 1.54) is 12.8 Å². The van der Waals surface area contributed by atoms with E-state index in [0.29, 0.717) is 6.54 Å². The quantitative estimate of drug-likeness (QED) is 0.491. The molecule has 1 fully saturated rings. The topological polar surface area (TPSA) is 98.7 Å². The van der Waals surface area contributed by atoms with Crippen LogP contribution in [0, 0.1) is 5.92 Å². The van der Waals surface area contributed by atoms with Gasteiger partial charge in [-0.1, -0.05) is 12.8 Å². The van der Waals surface area contributed by atoms with Crippen molar-refractivity contribution < 1.29 is 19.8 Å². The van der Waals surface area contributed by atoms with Crippen molar-refractivity contribution in [3.05, 3.63) is 0 Å². The molecule has 1 saturated carbocycles. The Morgan fingerprint density at radius 2 is 1.88 bits per heavy atom. The Morgan fingerprint density at radius 1 is 1.25 bits per heavy atom. The maximum atomic E-state index is 11.1. The molecule has 1 aliphatic rings. The van der Waals surface area contributed by atoms with E-state index in [4.69, 9.17) is 10.2 Å².